The molecular weight excluding hydrogens is 274 g/mol. The van der Waals surface area contributed by atoms with E-state index in [1.165, 1.54) is 0 Å². The van der Waals surface area contributed by atoms with Crippen LogP contribution >= 0.6 is 11.6 Å². The summed E-state index contributed by atoms with van der Waals surface area (Å²) in [6.45, 7) is 3.88. The molecule has 4 heteroatoms. The highest BCUT2D eigenvalue weighted by atomic mass is 35.5. The van der Waals surface area contributed by atoms with E-state index < -0.39 is 0 Å². The standard InChI is InChI=1S/C16H16ClNO2/c1-10(2)20-13-5-3-4-11(8-13)16(19)12-6-7-15(18)14(17)9-12/h3-10H,18H2,1-2H3. The molecule has 0 aliphatic rings. The molecule has 2 aromatic carbocycles. The minimum Gasteiger partial charge on any atom is -0.491 e. The molecule has 0 spiro atoms. The van der Waals surface area contributed by atoms with Crippen molar-refractivity contribution < 1.29 is 9.53 Å². The second-order valence-corrected chi connectivity index (χ2v) is 5.17. The van der Waals surface area contributed by atoms with Crippen molar-refractivity contribution in [1.82, 2.24) is 0 Å². The highest BCUT2D eigenvalue weighted by Gasteiger charge is 2.11. The molecule has 2 rings (SSSR count). The van der Waals surface area contributed by atoms with Crippen LogP contribution in [0.5, 0.6) is 5.75 Å². The maximum atomic E-state index is 12.4. The average molecular weight is 290 g/mol. The maximum Gasteiger partial charge on any atom is 0.193 e. The Morgan fingerprint density at radius 3 is 2.50 bits per heavy atom. The van der Waals surface area contributed by atoms with Gasteiger partial charge in [0.15, 0.2) is 5.78 Å². The van der Waals surface area contributed by atoms with Gasteiger partial charge in [0.1, 0.15) is 5.75 Å². The Balaban J connectivity index is 2.30. The first-order valence-corrected chi connectivity index (χ1v) is 6.71. The van der Waals surface area contributed by atoms with Crippen LogP contribution in [0.25, 0.3) is 0 Å². The number of ketones is 1. The van der Waals surface area contributed by atoms with Crippen LogP contribution in [0.15, 0.2) is 42.5 Å². The number of hydrogen-bond acceptors (Lipinski definition) is 3. The van der Waals surface area contributed by atoms with Crippen LogP contribution < -0.4 is 10.5 Å². The molecule has 0 fully saturated rings. The quantitative estimate of drug-likeness (QED) is 0.685. The van der Waals surface area contributed by atoms with Gasteiger partial charge in [0.05, 0.1) is 16.8 Å². The number of carbonyl (C=O) groups is 1. The van der Waals surface area contributed by atoms with Crippen LogP contribution in [-0.2, 0) is 0 Å². The Morgan fingerprint density at radius 2 is 1.85 bits per heavy atom. The molecule has 0 saturated carbocycles. The summed E-state index contributed by atoms with van der Waals surface area (Å²) in [6.07, 6.45) is 0.0614. The number of nitrogen functional groups attached to an aromatic ring is 1. The maximum absolute atomic E-state index is 12.4. The summed E-state index contributed by atoms with van der Waals surface area (Å²) in [5.41, 5.74) is 7.17. The lowest BCUT2D eigenvalue weighted by Crippen LogP contribution is -2.07. The summed E-state index contributed by atoms with van der Waals surface area (Å²) in [6, 6.07) is 12.0. The number of benzene rings is 2. The van der Waals surface area contributed by atoms with Crippen molar-refractivity contribution >= 4 is 23.1 Å². The van der Waals surface area contributed by atoms with Gasteiger partial charge in [-0.1, -0.05) is 23.7 Å². The fraction of sp³-hybridized carbons (Fsp3) is 0.188. The van der Waals surface area contributed by atoms with Gasteiger partial charge in [-0.15, -0.1) is 0 Å². The molecule has 0 atom stereocenters. The summed E-state index contributed by atoms with van der Waals surface area (Å²) in [5, 5.41) is 0.380. The molecule has 0 aliphatic heterocycles. The third-order valence-electron chi connectivity index (χ3n) is 2.73. The van der Waals surface area contributed by atoms with Crippen LogP contribution in [0.2, 0.25) is 5.02 Å². The summed E-state index contributed by atoms with van der Waals surface area (Å²) >= 11 is 5.94. The number of ether oxygens (including phenoxy) is 1. The number of halogens is 1. The number of anilines is 1. The van der Waals surface area contributed by atoms with Gasteiger partial charge >= 0.3 is 0 Å². The normalized spacial score (nSPS) is 10.6. The smallest absolute Gasteiger partial charge is 0.193 e. The molecule has 0 radical (unpaired) electrons. The Hall–Kier alpha value is -2.00. The Bertz CT molecular complexity index is 638. The summed E-state index contributed by atoms with van der Waals surface area (Å²) < 4.78 is 5.59. The fourth-order valence-electron chi connectivity index (χ4n) is 1.82. The third-order valence-corrected chi connectivity index (χ3v) is 3.06. The fourth-order valence-corrected chi connectivity index (χ4v) is 2.00. The van der Waals surface area contributed by atoms with E-state index >= 15 is 0 Å². The van der Waals surface area contributed by atoms with Crippen molar-refractivity contribution in [3.8, 4) is 5.75 Å². The van der Waals surface area contributed by atoms with Crippen molar-refractivity contribution in [2.24, 2.45) is 0 Å². The molecule has 0 unspecified atom stereocenters. The van der Waals surface area contributed by atoms with E-state index in [1.807, 2.05) is 19.9 Å². The Morgan fingerprint density at radius 1 is 1.15 bits per heavy atom. The third kappa shape index (κ3) is 3.31. The molecule has 2 N–H and O–H groups in total. The molecule has 0 aliphatic carbocycles. The van der Waals surface area contributed by atoms with Crippen molar-refractivity contribution in [3.63, 3.8) is 0 Å². The zero-order chi connectivity index (χ0) is 14.7. The monoisotopic (exact) mass is 289 g/mol. The highest BCUT2D eigenvalue weighted by molar-refractivity contribution is 6.33. The topological polar surface area (TPSA) is 52.3 Å². The van der Waals surface area contributed by atoms with E-state index in [4.69, 9.17) is 22.1 Å². The Labute approximate surface area is 123 Å². The molecule has 2 aromatic rings. The van der Waals surface area contributed by atoms with Crippen LogP contribution in [0, 0.1) is 0 Å². The van der Waals surface area contributed by atoms with Crippen molar-refractivity contribution in [2.75, 3.05) is 5.73 Å². The molecule has 0 amide bonds. The lowest BCUT2D eigenvalue weighted by Gasteiger charge is -2.10. The lowest BCUT2D eigenvalue weighted by atomic mass is 10.0. The highest BCUT2D eigenvalue weighted by Crippen LogP contribution is 2.23. The van der Waals surface area contributed by atoms with E-state index in [0.717, 1.165) is 0 Å². The number of hydrogen-bond donors (Lipinski definition) is 1. The first kappa shape index (κ1) is 14.4. The van der Waals surface area contributed by atoms with Crippen LogP contribution in [0.3, 0.4) is 0 Å². The minimum absolute atomic E-state index is 0.0614. The van der Waals surface area contributed by atoms with Gasteiger partial charge in [-0.2, -0.15) is 0 Å². The van der Waals surface area contributed by atoms with Gasteiger partial charge in [-0.3, -0.25) is 4.79 Å². The predicted molar refractivity (Wildman–Crippen MR) is 81.5 cm³/mol. The summed E-state index contributed by atoms with van der Waals surface area (Å²) in [4.78, 5) is 12.4. The molecule has 0 aromatic heterocycles. The van der Waals surface area contributed by atoms with Crippen molar-refractivity contribution in [1.29, 1.82) is 0 Å². The largest absolute Gasteiger partial charge is 0.491 e. The van der Waals surface area contributed by atoms with E-state index in [-0.39, 0.29) is 11.9 Å². The first-order chi connectivity index (χ1) is 9.47. The summed E-state index contributed by atoms with van der Waals surface area (Å²) in [5.74, 6) is 0.563. The van der Waals surface area contributed by atoms with Crippen LogP contribution in [0.1, 0.15) is 29.8 Å². The van der Waals surface area contributed by atoms with Gasteiger partial charge in [0.2, 0.25) is 0 Å². The van der Waals surface area contributed by atoms with Gasteiger partial charge < -0.3 is 10.5 Å². The first-order valence-electron chi connectivity index (χ1n) is 6.34. The van der Waals surface area contributed by atoms with Gasteiger partial charge in [0.25, 0.3) is 0 Å². The van der Waals surface area contributed by atoms with Crippen molar-refractivity contribution in [3.05, 3.63) is 58.6 Å². The SMILES string of the molecule is CC(C)Oc1cccc(C(=O)c2ccc(N)c(Cl)c2)c1. The zero-order valence-corrected chi connectivity index (χ0v) is 12.1. The Kier molecular flexibility index (Phi) is 4.30. The van der Waals surface area contributed by atoms with Gasteiger partial charge in [-0.25, -0.2) is 0 Å². The van der Waals surface area contributed by atoms with E-state index in [2.05, 4.69) is 0 Å². The molecule has 0 saturated heterocycles. The second kappa shape index (κ2) is 5.97. The lowest BCUT2D eigenvalue weighted by molar-refractivity contribution is 0.103. The van der Waals surface area contributed by atoms with E-state index in [0.29, 0.717) is 27.6 Å². The van der Waals surface area contributed by atoms with Crippen LogP contribution in [0.4, 0.5) is 5.69 Å². The van der Waals surface area contributed by atoms with E-state index in [9.17, 15) is 4.79 Å². The molecule has 20 heavy (non-hydrogen) atoms. The predicted octanol–water partition coefficient (Wildman–Crippen LogP) is 3.94. The summed E-state index contributed by atoms with van der Waals surface area (Å²) in [7, 11) is 0. The second-order valence-electron chi connectivity index (χ2n) is 4.76. The van der Waals surface area contributed by atoms with Gasteiger partial charge in [0, 0.05) is 11.1 Å². The number of carbonyl (C=O) groups excluding carboxylic acids is 1. The van der Waals surface area contributed by atoms with E-state index in [1.54, 1.807) is 36.4 Å². The van der Waals surface area contributed by atoms with Crippen molar-refractivity contribution in [2.45, 2.75) is 20.0 Å². The van der Waals surface area contributed by atoms with Gasteiger partial charge in [-0.05, 0) is 44.2 Å². The molecule has 104 valence electrons. The number of nitrogens with two attached hydrogens (primary N) is 1. The molecule has 3 nitrogen and oxygen atoms in total. The minimum atomic E-state index is -0.110. The van der Waals surface area contributed by atoms with Crippen LogP contribution in [-0.4, -0.2) is 11.9 Å². The molecular formula is C16H16ClNO2. The number of rotatable bonds is 4. The molecule has 0 bridgehead atoms. The zero-order valence-electron chi connectivity index (χ0n) is 11.4. The molecule has 0 heterocycles. The average Bonchev–Trinajstić information content (AvgIpc) is 2.40.